The molecular formula is C17H15BrF3N3O2. The molecule has 0 saturated heterocycles. The van der Waals surface area contributed by atoms with Crippen molar-refractivity contribution in [2.75, 3.05) is 5.32 Å². The second-order valence-electron chi connectivity index (χ2n) is 6.16. The van der Waals surface area contributed by atoms with Gasteiger partial charge in [0.05, 0.1) is 10.2 Å². The topological polar surface area (TPSA) is 64.0 Å². The fourth-order valence-electron chi connectivity index (χ4n) is 2.63. The van der Waals surface area contributed by atoms with Gasteiger partial charge in [-0.15, -0.1) is 0 Å². The van der Waals surface area contributed by atoms with Crippen LogP contribution in [0.5, 0.6) is 0 Å². The van der Waals surface area contributed by atoms with E-state index in [4.69, 9.17) is 0 Å². The second kappa shape index (κ2) is 6.86. The minimum absolute atomic E-state index is 0.0179. The Labute approximate surface area is 155 Å². The van der Waals surface area contributed by atoms with Crippen molar-refractivity contribution in [1.82, 2.24) is 9.78 Å². The summed E-state index contributed by atoms with van der Waals surface area (Å²) in [6.45, 7) is 1.11. The van der Waals surface area contributed by atoms with Crippen molar-refractivity contribution >= 4 is 33.3 Å². The molecule has 0 unspecified atom stereocenters. The molecule has 1 saturated carbocycles. The van der Waals surface area contributed by atoms with Gasteiger partial charge >= 0.3 is 6.18 Å². The number of carbonyl (C=O) groups excluding carboxylic acids is 2. The predicted molar refractivity (Wildman–Crippen MR) is 92.0 cm³/mol. The number of alkyl halides is 3. The smallest absolute Gasteiger partial charge is 0.324 e. The summed E-state index contributed by atoms with van der Waals surface area (Å²) >= 11 is 2.99. The fourth-order valence-corrected chi connectivity index (χ4v) is 3.46. The summed E-state index contributed by atoms with van der Waals surface area (Å²) in [5, 5.41) is 6.20. The van der Waals surface area contributed by atoms with Crippen molar-refractivity contribution in [2.24, 2.45) is 0 Å². The van der Waals surface area contributed by atoms with Gasteiger partial charge in [0.15, 0.2) is 11.5 Å². The Kier molecular flexibility index (Phi) is 4.92. The lowest BCUT2D eigenvalue weighted by Crippen LogP contribution is -2.21. The molecule has 0 bridgehead atoms. The Morgan fingerprint density at radius 1 is 1.27 bits per heavy atom. The van der Waals surface area contributed by atoms with E-state index >= 15 is 0 Å². The number of hydrogen-bond donors (Lipinski definition) is 1. The molecule has 1 heterocycles. The highest BCUT2D eigenvalue weighted by Gasteiger charge is 2.41. The van der Waals surface area contributed by atoms with Gasteiger partial charge in [0.25, 0.3) is 0 Å². The number of amides is 1. The van der Waals surface area contributed by atoms with Gasteiger partial charge in [-0.1, -0.05) is 0 Å². The summed E-state index contributed by atoms with van der Waals surface area (Å²) in [7, 11) is 0. The first kappa shape index (κ1) is 18.6. The molecule has 138 valence electrons. The molecule has 0 aliphatic heterocycles. The number of hydrogen-bond acceptors (Lipinski definition) is 3. The van der Waals surface area contributed by atoms with Crippen molar-refractivity contribution in [3.05, 3.63) is 45.7 Å². The van der Waals surface area contributed by atoms with Gasteiger partial charge in [-0.2, -0.15) is 18.3 Å². The number of halogens is 4. The molecule has 1 aromatic carbocycles. The van der Waals surface area contributed by atoms with E-state index in [-0.39, 0.29) is 22.7 Å². The van der Waals surface area contributed by atoms with Crippen LogP contribution in [0.4, 0.5) is 18.9 Å². The van der Waals surface area contributed by atoms with Gasteiger partial charge in [-0.25, -0.2) is 0 Å². The van der Waals surface area contributed by atoms with Gasteiger partial charge in [-0.05, 0) is 60.0 Å². The van der Waals surface area contributed by atoms with E-state index in [1.807, 2.05) is 0 Å². The molecule has 1 N–H and O–H groups in total. The van der Waals surface area contributed by atoms with Gasteiger partial charge in [-0.3, -0.25) is 14.3 Å². The number of aromatic nitrogens is 2. The Morgan fingerprint density at radius 2 is 1.88 bits per heavy atom. The molecule has 1 fully saturated rings. The van der Waals surface area contributed by atoms with Crippen LogP contribution in [-0.4, -0.2) is 21.5 Å². The molecule has 1 amide bonds. The minimum atomic E-state index is -4.59. The molecule has 1 aliphatic carbocycles. The lowest BCUT2D eigenvalue weighted by Gasteiger charge is -2.09. The van der Waals surface area contributed by atoms with E-state index < -0.39 is 17.8 Å². The van der Waals surface area contributed by atoms with E-state index in [1.54, 1.807) is 24.3 Å². The van der Waals surface area contributed by atoms with Crippen molar-refractivity contribution in [3.8, 4) is 0 Å². The fraction of sp³-hybridized carbons (Fsp3) is 0.353. The van der Waals surface area contributed by atoms with Crippen LogP contribution in [0, 0.1) is 0 Å². The van der Waals surface area contributed by atoms with Crippen LogP contribution in [-0.2, 0) is 17.5 Å². The number of Topliss-reactive ketones (excluding diaryl/α,β-unsaturated/α-hetero) is 1. The number of carbonyl (C=O) groups is 2. The Balaban J connectivity index is 1.77. The number of nitrogens with one attached hydrogen (secondary N) is 1. The third-order valence-corrected chi connectivity index (χ3v) is 4.81. The summed E-state index contributed by atoms with van der Waals surface area (Å²) < 4.78 is 40.3. The van der Waals surface area contributed by atoms with Crippen molar-refractivity contribution < 1.29 is 22.8 Å². The van der Waals surface area contributed by atoms with Gasteiger partial charge in [0.2, 0.25) is 5.91 Å². The van der Waals surface area contributed by atoms with Gasteiger partial charge < -0.3 is 5.32 Å². The average molecular weight is 430 g/mol. The van der Waals surface area contributed by atoms with Crippen molar-refractivity contribution in [2.45, 2.75) is 38.4 Å². The molecule has 0 radical (unpaired) electrons. The number of anilines is 1. The number of nitrogens with zero attached hydrogens (tertiary/aromatic N) is 2. The first-order chi connectivity index (χ1) is 12.2. The monoisotopic (exact) mass is 429 g/mol. The lowest BCUT2D eigenvalue weighted by molar-refractivity contribution is -0.142. The largest absolute Gasteiger partial charge is 0.436 e. The van der Waals surface area contributed by atoms with E-state index in [0.29, 0.717) is 16.9 Å². The molecule has 5 nitrogen and oxygen atoms in total. The first-order valence-electron chi connectivity index (χ1n) is 7.91. The van der Waals surface area contributed by atoms with E-state index in [1.165, 1.54) is 6.92 Å². The zero-order chi connectivity index (χ0) is 19.1. The highest BCUT2D eigenvalue weighted by molar-refractivity contribution is 9.10. The summed E-state index contributed by atoms with van der Waals surface area (Å²) in [5.41, 5.74) is 0.345. The SMILES string of the molecule is CC(=O)c1ccc(NC(=O)Cn2nc(C(F)(F)F)c(Br)c2C2CC2)cc1. The first-order valence-corrected chi connectivity index (χ1v) is 8.70. The number of rotatable bonds is 5. The second-order valence-corrected chi connectivity index (χ2v) is 6.95. The molecule has 1 aromatic heterocycles. The van der Waals surface area contributed by atoms with E-state index in [0.717, 1.165) is 17.5 Å². The van der Waals surface area contributed by atoms with Crippen LogP contribution in [0.25, 0.3) is 0 Å². The van der Waals surface area contributed by atoms with E-state index in [9.17, 15) is 22.8 Å². The van der Waals surface area contributed by atoms with Crippen LogP contribution in [0.15, 0.2) is 28.7 Å². The summed E-state index contributed by atoms with van der Waals surface area (Å²) in [4.78, 5) is 23.5. The van der Waals surface area contributed by atoms with Crippen LogP contribution < -0.4 is 5.32 Å². The van der Waals surface area contributed by atoms with Gasteiger partial charge in [0.1, 0.15) is 6.54 Å². The van der Waals surface area contributed by atoms with E-state index in [2.05, 4.69) is 26.3 Å². The van der Waals surface area contributed by atoms with Crippen LogP contribution in [0.3, 0.4) is 0 Å². The molecule has 9 heteroatoms. The summed E-state index contributed by atoms with van der Waals surface area (Å²) in [6, 6.07) is 6.27. The highest BCUT2D eigenvalue weighted by Crippen LogP contribution is 2.46. The standard InChI is InChI=1S/C17H15BrF3N3O2/c1-9(25)10-4-6-12(7-5-10)22-13(26)8-24-15(11-2-3-11)14(18)16(23-24)17(19,20)21/h4-7,11H,2-3,8H2,1H3,(H,22,26). The molecule has 0 spiro atoms. The normalized spacial score (nSPS) is 14.3. The molecular weight excluding hydrogens is 415 g/mol. The lowest BCUT2D eigenvalue weighted by atomic mass is 10.1. The quantitative estimate of drug-likeness (QED) is 0.717. The molecule has 0 atom stereocenters. The minimum Gasteiger partial charge on any atom is -0.324 e. The molecule has 2 aromatic rings. The molecule has 26 heavy (non-hydrogen) atoms. The zero-order valence-electron chi connectivity index (χ0n) is 13.7. The highest BCUT2D eigenvalue weighted by atomic mass is 79.9. The maximum Gasteiger partial charge on any atom is 0.436 e. The third kappa shape index (κ3) is 3.98. The number of benzene rings is 1. The maximum atomic E-state index is 13.1. The average Bonchev–Trinajstić information content (AvgIpc) is 3.31. The van der Waals surface area contributed by atoms with Gasteiger partial charge in [0, 0.05) is 17.2 Å². The maximum absolute atomic E-state index is 13.1. The number of ketones is 1. The van der Waals surface area contributed by atoms with Crippen LogP contribution in [0.2, 0.25) is 0 Å². The van der Waals surface area contributed by atoms with Crippen LogP contribution in [0.1, 0.15) is 47.4 Å². The third-order valence-electron chi connectivity index (χ3n) is 4.03. The predicted octanol–water partition coefficient (Wildman–Crippen LogP) is 4.38. The molecule has 1 aliphatic rings. The molecule has 3 rings (SSSR count). The summed E-state index contributed by atoms with van der Waals surface area (Å²) in [6.07, 6.45) is -3.04. The van der Waals surface area contributed by atoms with Crippen molar-refractivity contribution in [3.63, 3.8) is 0 Å². The Hall–Kier alpha value is -2.16. The van der Waals surface area contributed by atoms with Crippen molar-refractivity contribution in [1.29, 1.82) is 0 Å². The van der Waals surface area contributed by atoms with Crippen LogP contribution >= 0.6 is 15.9 Å². The Morgan fingerprint density at radius 3 is 2.38 bits per heavy atom. The Bertz CT molecular complexity index is 855. The zero-order valence-corrected chi connectivity index (χ0v) is 15.3. The summed E-state index contributed by atoms with van der Waals surface area (Å²) in [5.74, 6) is -0.611.